The van der Waals surface area contributed by atoms with Crippen molar-refractivity contribution >= 4 is 23.3 Å². The van der Waals surface area contributed by atoms with E-state index in [4.69, 9.17) is 4.74 Å². The van der Waals surface area contributed by atoms with Crippen LogP contribution in [0.25, 0.3) is 0 Å². The quantitative estimate of drug-likeness (QED) is 0.862. The van der Waals surface area contributed by atoms with Gasteiger partial charge in [0.2, 0.25) is 5.95 Å². The molecule has 0 saturated heterocycles. The molecule has 1 unspecified atom stereocenters. The highest BCUT2D eigenvalue weighted by Crippen LogP contribution is 2.37. The van der Waals surface area contributed by atoms with E-state index in [1.807, 2.05) is 24.4 Å². The molecule has 24 heavy (non-hydrogen) atoms. The first-order valence-electron chi connectivity index (χ1n) is 8.24. The number of anilines is 1. The minimum atomic E-state index is -0.340. The largest absolute Gasteiger partial charge is 0.459 e. The van der Waals surface area contributed by atoms with Gasteiger partial charge in [-0.25, -0.2) is 4.79 Å². The molecule has 1 atom stereocenters. The van der Waals surface area contributed by atoms with Crippen molar-refractivity contribution in [3.63, 3.8) is 0 Å². The Labute approximate surface area is 143 Å². The predicted molar refractivity (Wildman–Crippen MR) is 89.6 cm³/mol. The molecule has 2 aliphatic rings. The van der Waals surface area contributed by atoms with Crippen LogP contribution in [0, 0.1) is 0 Å². The monoisotopic (exact) mass is 345 g/mol. The Morgan fingerprint density at radius 1 is 1.38 bits per heavy atom. The maximum Gasteiger partial charge on any atom is 0.338 e. The van der Waals surface area contributed by atoms with Crippen molar-refractivity contribution in [3.8, 4) is 0 Å². The number of nitrogens with zero attached hydrogens (tertiary/aromatic N) is 4. The highest BCUT2D eigenvalue weighted by Gasteiger charge is 2.36. The molecule has 1 N–H and O–H groups in total. The Bertz CT molecular complexity index is 761. The van der Waals surface area contributed by atoms with E-state index in [9.17, 15) is 4.79 Å². The predicted octanol–water partition coefficient (Wildman–Crippen LogP) is 2.90. The van der Waals surface area contributed by atoms with Crippen molar-refractivity contribution in [2.24, 2.45) is 0 Å². The van der Waals surface area contributed by atoms with E-state index >= 15 is 0 Å². The molecule has 1 fully saturated rings. The Morgan fingerprint density at radius 2 is 2.21 bits per heavy atom. The van der Waals surface area contributed by atoms with Crippen LogP contribution >= 0.6 is 11.3 Å². The third-order valence-corrected chi connectivity index (χ3v) is 5.50. The maximum absolute atomic E-state index is 12.9. The molecule has 3 heterocycles. The Balaban J connectivity index is 1.67. The van der Waals surface area contributed by atoms with Gasteiger partial charge in [0, 0.05) is 10.6 Å². The standard InChI is InChI=1S/C16H19N5O2S/c1-10-13(15(22)23-11-6-3-2-4-7-11)14(12-8-5-9-24-12)21-16(17-10)18-19-20-21/h5,8-9,11,14H,2-4,6-7H2,1H3,(H,17,18,20). The summed E-state index contributed by atoms with van der Waals surface area (Å²) in [5.74, 6) is 0.270. The number of thiophene rings is 1. The zero-order chi connectivity index (χ0) is 16.5. The van der Waals surface area contributed by atoms with Crippen molar-refractivity contribution in [3.05, 3.63) is 33.7 Å². The molecule has 7 nitrogen and oxygen atoms in total. The first-order chi connectivity index (χ1) is 11.7. The molecule has 1 aliphatic carbocycles. The van der Waals surface area contributed by atoms with Gasteiger partial charge in [-0.3, -0.25) is 0 Å². The number of allylic oxidation sites excluding steroid dienone is 1. The number of hydrogen-bond acceptors (Lipinski definition) is 7. The molecule has 1 aliphatic heterocycles. The van der Waals surface area contributed by atoms with Gasteiger partial charge in [-0.1, -0.05) is 17.6 Å². The molecule has 2 aromatic rings. The summed E-state index contributed by atoms with van der Waals surface area (Å²) >= 11 is 1.58. The maximum atomic E-state index is 12.9. The summed E-state index contributed by atoms with van der Waals surface area (Å²) in [7, 11) is 0. The van der Waals surface area contributed by atoms with Crippen LogP contribution in [0.4, 0.5) is 5.95 Å². The SMILES string of the molecule is CC1=C(C(=O)OC2CCCCC2)C(c2cccs2)n2nnnc2N1. The normalized spacial score (nSPS) is 21.3. The average Bonchev–Trinajstić information content (AvgIpc) is 3.25. The van der Waals surface area contributed by atoms with Crippen LogP contribution in [0.2, 0.25) is 0 Å². The lowest BCUT2D eigenvalue weighted by atomic mass is 9.97. The molecule has 0 amide bonds. The lowest BCUT2D eigenvalue weighted by Gasteiger charge is -2.28. The lowest BCUT2D eigenvalue weighted by Crippen LogP contribution is -2.31. The molecule has 4 rings (SSSR count). The van der Waals surface area contributed by atoms with Crippen LogP contribution in [0.5, 0.6) is 0 Å². The highest BCUT2D eigenvalue weighted by molar-refractivity contribution is 7.10. The number of carbonyl (C=O) groups excluding carboxylic acids is 1. The fraction of sp³-hybridized carbons (Fsp3) is 0.500. The molecule has 0 radical (unpaired) electrons. The zero-order valence-electron chi connectivity index (χ0n) is 13.4. The van der Waals surface area contributed by atoms with Crippen LogP contribution in [0.1, 0.15) is 49.9 Å². The summed E-state index contributed by atoms with van der Waals surface area (Å²) in [6.45, 7) is 1.87. The molecule has 1 saturated carbocycles. The second kappa shape index (κ2) is 6.35. The number of aromatic nitrogens is 4. The Morgan fingerprint density at radius 3 is 2.96 bits per heavy atom. The summed E-state index contributed by atoms with van der Waals surface area (Å²) in [5, 5.41) is 16.9. The van der Waals surface area contributed by atoms with Crippen molar-refractivity contribution < 1.29 is 9.53 Å². The van der Waals surface area contributed by atoms with E-state index in [0.717, 1.165) is 36.3 Å². The van der Waals surface area contributed by atoms with Crippen LogP contribution in [0.15, 0.2) is 28.8 Å². The number of hydrogen-bond donors (Lipinski definition) is 1. The van der Waals surface area contributed by atoms with Gasteiger partial charge >= 0.3 is 5.97 Å². The van der Waals surface area contributed by atoms with Gasteiger partial charge in [-0.05, 0) is 54.5 Å². The molecule has 126 valence electrons. The van der Waals surface area contributed by atoms with Gasteiger partial charge in [0.15, 0.2) is 0 Å². The summed E-state index contributed by atoms with van der Waals surface area (Å²) in [6, 6.07) is 3.62. The molecular weight excluding hydrogens is 326 g/mol. The number of esters is 1. The van der Waals surface area contributed by atoms with Crippen molar-refractivity contribution in [2.45, 2.75) is 51.2 Å². The number of tetrazole rings is 1. The molecular formula is C16H19N5O2S. The highest BCUT2D eigenvalue weighted by atomic mass is 32.1. The van der Waals surface area contributed by atoms with Crippen LogP contribution in [-0.4, -0.2) is 32.3 Å². The van der Waals surface area contributed by atoms with Crippen LogP contribution in [-0.2, 0) is 9.53 Å². The van der Waals surface area contributed by atoms with Gasteiger partial charge < -0.3 is 10.1 Å². The van der Waals surface area contributed by atoms with Crippen molar-refractivity contribution in [2.75, 3.05) is 5.32 Å². The second-order valence-corrected chi connectivity index (χ2v) is 7.17. The van der Waals surface area contributed by atoms with E-state index in [1.165, 1.54) is 6.42 Å². The number of nitrogens with one attached hydrogen (secondary N) is 1. The lowest BCUT2D eigenvalue weighted by molar-refractivity contribution is -0.146. The number of fused-ring (bicyclic) bond motifs is 1. The molecule has 0 spiro atoms. The number of rotatable bonds is 3. The van der Waals surface area contributed by atoms with Crippen molar-refractivity contribution in [1.29, 1.82) is 0 Å². The summed E-state index contributed by atoms with van der Waals surface area (Å²) in [6.07, 6.45) is 5.39. The van der Waals surface area contributed by atoms with E-state index in [2.05, 4.69) is 20.8 Å². The Kier molecular flexibility index (Phi) is 4.05. The van der Waals surface area contributed by atoms with E-state index < -0.39 is 0 Å². The van der Waals surface area contributed by atoms with Gasteiger partial charge in [-0.15, -0.1) is 11.3 Å². The molecule has 8 heteroatoms. The number of ether oxygens (including phenoxy) is 1. The smallest absolute Gasteiger partial charge is 0.338 e. The summed E-state index contributed by atoms with van der Waals surface area (Å²) in [4.78, 5) is 13.9. The fourth-order valence-corrected chi connectivity index (χ4v) is 4.20. The minimum absolute atomic E-state index is 0.0193. The second-order valence-electron chi connectivity index (χ2n) is 6.19. The third-order valence-electron chi connectivity index (χ3n) is 4.57. The number of carbonyl (C=O) groups is 1. The molecule has 2 aromatic heterocycles. The topological polar surface area (TPSA) is 81.9 Å². The molecule has 0 aromatic carbocycles. The Hall–Kier alpha value is -2.22. The summed E-state index contributed by atoms with van der Waals surface area (Å²) < 4.78 is 7.46. The van der Waals surface area contributed by atoms with Gasteiger partial charge in [0.1, 0.15) is 12.1 Å². The van der Waals surface area contributed by atoms with Crippen LogP contribution < -0.4 is 5.32 Å². The first-order valence-corrected chi connectivity index (χ1v) is 9.12. The van der Waals surface area contributed by atoms with Crippen molar-refractivity contribution in [1.82, 2.24) is 20.2 Å². The van der Waals surface area contributed by atoms with E-state index in [-0.39, 0.29) is 18.1 Å². The van der Waals surface area contributed by atoms with Gasteiger partial charge in [0.05, 0.1) is 5.57 Å². The van der Waals surface area contributed by atoms with Gasteiger partial charge in [-0.2, -0.15) is 4.68 Å². The van der Waals surface area contributed by atoms with E-state index in [1.54, 1.807) is 16.0 Å². The summed E-state index contributed by atoms with van der Waals surface area (Å²) in [5.41, 5.74) is 1.33. The first kappa shape index (κ1) is 15.3. The fourth-order valence-electron chi connectivity index (χ4n) is 3.38. The molecule has 0 bridgehead atoms. The average molecular weight is 345 g/mol. The van der Waals surface area contributed by atoms with Crippen LogP contribution in [0.3, 0.4) is 0 Å². The van der Waals surface area contributed by atoms with E-state index in [0.29, 0.717) is 11.5 Å². The third kappa shape index (κ3) is 2.71. The zero-order valence-corrected chi connectivity index (χ0v) is 14.3. The minimum Gasteiger partial charge on any atom is -0.459 e. The van der Waals surface area contributed by atoms with Gasteiger partial charge in [0.25, 0.3) is 0 Å².